The van der Waals surface area contributed by atoms with Crippen LogP contribution in [0.5, 0.6) is 0 Å². The average molecular weight is 367 g/mol. The Balaban J connectivity index is 0.00000132. The van der Waals surface area contributed by atoms with Gasteiger partial charge in [-0.25, -0.2) is 0 Å². The molecular formula is C16H32Cl2N4O. The lowest BCUT2D eigenvalue weighted by Crippen LogP contribution is -2.47. The summed E-state index contributed by atoms with van der Waals surface area (Å²) in [7, 11) is 0. The zero-order valence-electron chi connectivity index (χ0n) is 14.0. The first-order chi connectivity index (χ1) is 10.3. The molecule has 3 saturated heterocycles. The Kier molecular flexibility index (Phi) is 9.78. The minimum absolute atomic E-state index is 0. The quantitative estimate of drug-likeness (QED) is 0.811. The molecule has 3 rings (SSSR count). The molecular weight excluding hydrogens is 335 g/mol. The van der Waals surface area contributed by atoms with Crippen LogP contribution in [-0.2, 0) is 4.79 Å². The molecule has 23 heavy (non-hydrogen) atoms. The number of nitrogens with zero attached hydrogens (tertiary/aromatic N) is 3. The van der Waals surface area contributed by atoms with Gasteiger partial charge in [0.05, 0.1) is 0 Å². The van der Waals surface area contributed by atoms with Gasteiger partial charge in [0.2, 0.25) is 5.91 Å². The molecule has 3 fully saturated rings. The largest absolute Gasteiger partial charge is 0.340 e. The third kappa shape index (κ3) is 6.05. The van der Waals surface area contributed by atoms with Crippen molar-refractivity contribution in [2.45, 2.75) is 38.1 Å². The van der Waals surface area contributed by atoms with E-state index >= 15 is 0 Å². The molecule has 1 N–H and O–H groups in total. The van der Waals surface area contributed by atoms with Crippen molar-refractivity contribution >= 4 is 30.7 Å². The van der Waals surface area contributed by atoms with Gasteiger partial charge in [0, 0.05) is 51.7 Å². The zero-order chi connectivity index (χ0) is 14.5. The van der Waals surface area contributed by atoms with Crippen molar-refractivity contribution in [3.63, 3.8) is 0 Å². The summed E-state index contributed by atoms with van der Waals surface area (Å²) in [5.41, 5.74) is 0. The maximum Gasteiger partial charge on any atom is 0.223 e. The van der Waals surface area contributed by atoms with Crippen LogP contribution < -0.4 is 5.32 Å². The second-order valence-electron chi connectivity index (χ2n) is 6.72. The van der Waals surface area contributed by atoms with Gasteiger partial charge in [-0.15, -0.1) is 24.8 Å². The van der Waals surface area contributed by atoms with Crippen LogP contribution in [-0.4, -0.2) is 85.6 Å². The van der Waals surface area contributed by atoms with E-state index in [1.807, 2.05) is 4.90 Å². The van der Waals surface area contributed by atoms with E-state index in [-0.39, 0.29) is 24.8 Å². The Morgan fingerprint density at radius 3 is 2.35 bits per heavy atom. The predicted octanol–water partition coefficient (Wildman–Crippen LogP) is 1.21. The summed E-state index contributed by atoms with van der Waals surface area (Å²) in [6.07, 6.45) is 6.15. The molecule has 1 unspecified atom stereocenters. The first kappa shape index (κ1) is 21.0. The molecule has 1 amide bonds. The highest BCUT2D eigenvalue weighted by Gasteiger charge is 2.28. The fraction of sp³-hybridized carbons (Fsp3) is 0.938. The van der Waals surface area contributed by atoms with Gasteiger partial charge in [-0.1, -0.05) is 6.42 Å². The molecule has 136 valence electrons. The van der Waals surface area contributed by atoms with Gasteiger partial charge in [0.15, 0.2) is 0 Å². The second kappa shape index (κ2) is 10.7. The Morgan fingerprint density at radius 2 is 1.65 bits per heavy atom. The monoisotopic (exact) mass is 366 g/mol. The highest BCUT2D eigenvalue weighted by molar-refractivity contribution is 5.85. The smallest absolute Gasteiger partial charge is 0.223 e. The Hall–Kier alpha value is -0.0700. The molecule has 0 bridgehead atoms. The summed E-state index contributed by atoms with van der Waals surface area (Å²) in [6.45, 7) is 9.55. The van der Waals surface area contributed by atoms with Crippen molar-refractivity contribution in [3.8, 4) is 0 Å². The van der Waals surface area contributed by atoms with Gasteiger partial charge in [0.1, 0.15) is 0 Å². The number of carbonyl (C=O) groups is 1. The summed E-state index contributed by atoms with van der Waals surface area (Å²) in [5.74, 6) is 0.345. The molecule has 0 saturated carbocycles. The number of hydrogen-bond donors (Lipinski definition) is 1. The molecule has 0 aromatic carbocycles. The molecule has 0 radical (unpaired) electrons. The highest BCUT2D eigenvalue weighted by atomic mass is 35.5. The number of amides is 1. The fourth-order valence-corrected chi connectivity index (χ4v) is 3.92. The van der Waals surface area contributed by atoms with E-state index in [1.165, 1.54) is 51.9 Å². The van der Waals surface area contributed by atoms with E-state index in [0.29, 0.717) is 12.3 Å². The minimum Gasteiger partial charge on any atom is -0.340 e. The Bertz CT molecular complexity index is 347. The first-order valence-electron chi connectivity index (χ1n) is 8.78. The molecule has 3 aliphatic heterocycles. The van der Waals surface area contributed by atoms with Gasteiger partial charge < -0.3 is 15.1 Å². The van der Waals surface area contributed by atoms with Crippen LogP contribution >= 0.6 is 24.8 Å². The van der Waals surface area contributed by atoms with Crippen LogP contribution in [0.4, 0.5) is 0 Å². The lowest BCUT2D eigenvalue weighted by atomic mass is 10.1. The van der Waals surface area contributed by atoms with Crippen LogP contribution in [0.25, 0.3) is 0 Å². The van der Waals surface area contributed by atoms with Crippen LogP contribution in [0.2, 0.25) is 0 Å². The van der Waals surface area contributed by atoms with E-state index in [2.05, 4.69) is 15.1 Å². The van der Waals surface area contributed by atoms with E-state index < -0.39 is 0 Å². The van der Waals surface area contributed by atoms with Gasteiger partial charge in [0.25, 0.3) is 0 Å². The number of piperazine rings is 1. The van der Waals surface area contributed by atoms with E-state index in [4.69, 9.17) is 0 Å². The second-order valence-corrected chi connectivity index (χ2v) is 6.72. The number of hydrogen-bond acceptors (Lipinski definition) is 4. The van der Waals surface area contributed by atoms with Crippen molar-refractivity contribution in [1.29, 1.82) is 0 Å². The van der Waals surface area contributed by atoms with Gasteiger partial charge >= 0.3 is 0 Å². The van der Waals surface area contributed by atoms with E-state index in [9.17, 15) is 4.79 Å². The maximum atomic E-state index is 12.2. The number of halogens is 2. The number of rotatable bonds is 4. The summed E-state index contributed by atoms with van der Waals surface area (Å²) in [4.78, 5) is 19.4. The van der Waals surface area contributed by atoms with Gasteiger partial charge in [-0.2, -0.15) is 0 Å². The zero-order valence-corrected chi connectivity index (χ0v) is 15.7. The fourth-order valence-electron chi connectivity index (χ4n) is 3.92. The van der Waals surface area contributed by atoms with Crippen LogP contribution in [0.3, 0.4) is 0 Å². The molecule has 7 heteroatoms. The Labute approximate surface area is 152 Å². The van der Waals surface area contributed by atoms with Crippen molar-refractivity contribution in [2.75, 3.05) is 58.9 Å². The molecule has 0 aromatic heterocycles. The van der Waals surface area contributed by atoms with Crippen LogP contribution in [0, 0.1) is 0 Å². The SMILES string of the molecule is Cl.Cl.O=C(CCN1CCC(N2CCCCC2)C1)N1CCNCC1. The maximum absolute atomic E-state index is 12.2. The van der Waals surface area contributed by atoms with Gasteiger partial charge in [-0.05, 0) is 38.9 Å². The molecule has 0 spiro atoms. The molecule has 0 aromatic rings. The number of piperidine rings is 1. The summed E-state index contributed by atoms with van der Waals surface area (Å²) < 4.78 is 0. The van der Waals surface area contributed by atoms with Gasteiger partial charge in [-0.3, -0.25) is 9.69 Å². The lowest BCUT2D eigenvalue weighted by molar-refractivity contribution is -0.132. The van der Waals surface area contributed by atoms with Crippen molar-refractivity contribution in [1.82, 2.24) is 20.0 Å². The molecule has 3 aliphatic rings. The summed E-state index contributed by atoms with van der Waals surface area (Å²) >= 11 is 0. The van der Waals surface area contributed by atoms with Crippen LogP contribution in [0.15, 0.2) is 0 Å². The number of nitrogens with one attached hydrogen (secondary N) is 1. The lowest BCUT2D eigenvalue weighted by Gasteiger charge is -2.32. The van der Waals surface area contributed by atoms with Crippen molar-refractivity contribution < 1.29 is 4.79 Å². The third-order valence-electron chi connectivity index (χ3n) is 5.27. The minimum atomic E-state index is 0. The van der Waals surface area contributed by atoms with E-state index in [0.717, 1.165) is 38.8 Å². The molecule has 1 atom stereocenters. The number of likely N-dealkylation sites (tertiary alicyclic amines) is 2. The van der Waals surface area contributed by atoms with Crippen molar-refractivity contribution in [3.05, 3.63) is 0 Å². The standard InChI is InChI=1S/C16H30N4O.2ClH/c21-16(20-12-6-17-7-13-20)5-11-18-10-4-15(14-18)19-8-2-1-3-9-19;;/h15,17H,1-14H2;2*1H. The first-order valence-corrected chi connectivity index (χ1v) is 8.78. The van der Waals surface area contributed by atoms with E-state index in [1.54, 1.807) is 0 Å². The van der Waals surface area contributed by atoms with Crippen LogP contribution in [0.1, 0.15) is 32.1 Å². The van der Waals surface area contributed by atoms with Crippen molar-refractivity contribution in [2.24, 2.45) is 0 Å². The molecule has 3 heterocycles. The topological polar surface area (TPSA) is 38.8 Å². The predicted molar refractivity (Wildman–Crippen MR) is 98.8 cm³/mol. The highest BCUT2D eigenvalue weighted by Crippen LogP contribution is 2.20. The summed E-state index contributed by atoms with van der Waals surface area (Å²) in [6, 6.07) is 0.750. The Morgan fingerprint density at radius 1 is 0.957 bits per heavy atom. The molecule has 0 aliphatic carbocycles. The normalized spacial score (nSPS) is 26.4. The summed E-state index contributed by atoms with van der Waals surface area (Å²) in [5, 5.41) is 3.30. The molecule has 5 nitrogen and oxygen atoms in total. The number of carbonyl (C=O) groups excluding carboxylic acids is 1. The average Bonchev–Trinajstić information content (AvgIpc) is 3.03. The third-order valence-corrected chi connectivity index (χ3v) is 5.27.